The maximum atomic E-state index is 6.36. The minimum atomic E-state index is -1.51. The normalized spacial score (nSPS) is 18.6. The molecule has 1 unspecified atom stereocenters. The van der Waals surface area contributed by atoms with Crippen LogP contribution in [0.2, 0.25) is 13.1 Å². The topological polar surface area (TPSA) is 9.23 Å². The lowest BCUT2D eigenvalue weighted by Gasteiger charge is -2.19. The average molecular weight is 262 g/mol. The predicted octanol–water partition coefficient (Wildman–Crippen LogP) is 5.00. The van der Waals surface area contributed by atoms with Crippen LogP contribution in [0.15, 0.2) is 12.1 Å². The second kappa shape index (κ2) is 4.73. The largest absolute Gasteiger partial charge is 0.543 e. The van der Waals surface area contributed by atoms with Gasteiger partial charge in [-0.1, -0.05) is 39.8 Å². The molecule has 0 amide bonds. The van der Waals surface area contributed by atoms with Crippen LogP contribution in [0, 0.1) is 0 Å². The summed E-state index contributed by atoms with van der Waals surface area (Å²) in [6, 6.07) is 5.82. The van der Waals surface area contributed by atoms with Crippen molar-refractivity contribution in [1.29, 1.82) is 0 Å². The zero-order valence-electron chi connectivity index (χ0n) is 12.6. The second-order valence-electron chi connectivity index (χ2n) is 6.55. The summed E-state index contributed by atoms with van der Waals surface area (Å²) in [6.45, 7) is 13.8. The van der Waals surface area contributed by atoms with Gasteiger partial charge in [-0.15, -0.1) is 0 Å². The summed E-state index contributed by atoms with van der Waals surface area (Å²) in [4.78, 5) is 0. The molecule has 0 radical (unpaired) electrons. The molecule has 1 nitrogen and oxygen atoms in total. The molecular weight excluding hydrogens is 236 g/mol. The highest BCUT2D eigenvalue weighted by Gasteiger charge is 2.37. The Morgan fingerprint density at radius 1 is 1.17 bits per heavy atom. The Kier molecular flexibility index (Phi) is 3.59. The van der Waals surface area contributed by atoms with Gasteiger partial charge < -0.3 is 4.43 Å². The molecule has 0 saturated carbocycles. The lowest BCUT2D eigenvalue weighted by molar-refractivity contribution is 0.558. The molecule has 2 heteroatoms. The highest BCUT2D eigenvalue weighted by atomic mass is 28.4. The molecule has 0 saturated heterocycles. The Labute approximate surface area is 113 Å². The van der Waals surface area contributed by atoms with Gasteiger partial charge in [0.2, 0.25) is 8.32 Å². The Bertz CT molecular complexity index is 449. The molecule has 1 aromatic carbocycles. The van der Waals surface area contributed by atoms with Gasteiger partial charge in [-0.3, -0.25) is 0 Å². The van der Waals surface area contributed by atoms with Gasteiger partial charge in [0.1, 0.15) is 5.75 Å². The third kappa shape index (κ3) is 2.35. The van der Waals surface area contributed by atoms with Gasteiger partial charge in [0.05, 0.1) is 0 Å². The van der Waals surface area contributed by atoms with Crippen LogP contribution in [-0.2, 0) is 6.04 Å². The highest BCUT2D eigenvalue weighted by Crippen LogP contribution is 2.43. The fourth-order valence-electron chi connectivity index (χ4n) is 2.84. The molecule has 1 atom stereocenters. The van der Waals surface area contributed by atoms with Crippen LogP contribution in [0.25, 0.3) is 0 Å². The van der Waals surface area contributed by atoms with Crippen molar-refractivity contribution in [2.45, 2.75) is 65.1 Å². The Balaban J connectivity index is 2.54. The van der Waals surface area contributed by atoms with Gasteiger partial charge in [0.25, 0.3) is 0 Å². The third-order valence-electron chi connectivity index (χ3n) is 4.07. The second-order valence-corrected chi connectivity index (χ2v) is 10.6. The molecule has 2 rings (SSSR count). The van der Waals surface area contributed by atoms with Crippen LogP contribution in [0.3, 0.4) is 0 Å². The maximum Gasteiger partial charge on any atom is 0.249 e. The van der Waals surface area contributed by atoms with Gasteiger partial charge in [-0.25, -0.2) is 0 Å². The molecule has 1 aliphatic heterocycles. The van der Waals surface area contributed by atoms with E-state index >= 15 is 0 Å². The number of benzene rings is 1. The molecule has 0 fully saturated rings. The van der Waals surface area contributed by atoms with Crippen molar-refractivity contribution >= 4 is 8.32 Å². The van der Waals surface area contributed by atoms with Crippen molar-refractivity contribution in [3.63, 3.8) is 0 Å². The molecule has 18 heavy (non-hydrogen) atoms. The Morgan fingerprint density at radius 2 is 1.78 bits per heavy atom. The van der Waals surface area contributed by atoms with E-state index in [1.165, 1.54) is 34.9 Å². The smallest absolute Gasteiger partial charge is 0.249 e. The maximum absolute atomic E-state index is 6.36. The van der Waals surface area contributed by atoms with Crippen LogP contribution >= 0.6 is 0 Å². The zero-order valence-corrected chi connectivity index (χ0v) is 13.6. The van der Waals surface area contributed by atoms with Crippen LogP contribution in [0.1, 0.15) is 62.6 Å². The molecular formula is C16H26OSi. The molecule has 0 bridgehead atoms. The van der Waals surface area contributed by atoms with E-state index in [-0.39, 0.29) is 0 Å². The summed E-state index contributed by atoms with van der Waals surface area (Å²) in [5.74, 6) is 2.43. The molecule has 0 aliphatic carbocycles. The molecule has 0 aromatic heterocycles. The summed E-state index contributed by atoms with van der Waals surface area (Å²) in [6.07, 6.45) is 1.20. The average Bonchev–Trinajstić information content (AvgIpc) is 2.60. The third-order valence-corrected chi connectivity index (χ3v) is 6.04. The fourth-order valence-corrected chi connectivity index (χ4v) is 4.92. The summed E-state index contributed by atoms with van der Waals surface area (Å²) in [5.41, 5.74) is 4.44. The number of rotatable bonds is 3. The van der Waals surface area contributed by atoms with Crippen molar-refractivity contribution < 1.29 is 4.43 Å². The molecule has 1 heterocycles. The standard InChI is InChI=1S/C16H26OSi/c1-7-12(4)14-9-8-13(11(2)3)16-15(14)10-18(5,6)17-16/h8-9,11-12H,7,10H2,1-6H3. The number of fused-ring (bicyclic) bond motifs is 1. The van der Waals surface area contributed by atoms with Crippen molar-refractivity contribution in [3.05, 3.63) is 28.8 Å². The molecule has 0 N–H and O–H groups in total. The minimum Gasteiger partial charge on any atom is -0.543 e. The first-order valence-corrected chi connectivity index (χ1v) is 10.3. The van der Waals surface area contributed by atoms with E-state index in [1.807, 2.05) is 0 Å². The van der Waals surface area contributed by atoms with Crippen molar-refractivity contribution in [2.75, 3.05) is 0 Å². The fraction of sp³-hybridized carbons (Fsp3) is 0.625. The monoisotopic (exact) mass is 262 g/mol. The van der Waals surface area contributed by atoms with Crippen molar-refractivity contribution in [2.24, 2.45) is 0 Å². The summed E-state index contributed by atoms with van der Waals surface area (Å²) >= 11 is 0. The SMILES string of the molecule is CCC(C)c1ccc(C(C)C)c2c1C[Si](C)(C)O2. The van der Waals surface area contributed by atoms with E-state index in [0.29, 0.717) is 11.8 Å². The van der Waals surface area contributed by atoms with Gasteiger partial charge >= 0.3 is 0 Å². The quantitative estimate of drug-likeness (QED) is 0.696. The molecule has 0 spiro atoms. The minimum absolute atomic E-state index is 0.549. The summed E-state index contributed by atoms with van der Waals surface area (Å²) in [5, 5.41) is 0. The van der Waals surface area contributed by atoms with E-state index in [4.69, 9.17) is 4.43 Å². The van der Waals surface area contributed by atoms with E-state index in [2.05, 4.69) is 52.9 Å². The number of hydrogen-bond acceptors (Lipinski definition) is 1. The van der Waals surface area contributed by atoms with Gasteiger partial charge in [0.15, 0.2) is 0 Å². The van der Waals surface area contributed by atoms with Gasteiger partial charge in [0, 0.05) is 6.04 Å². The van der Waals surface area contributed by atoms with E-state index < -0.39 is 8.32 Å². The lowest BCUT2D eigenvalue weighted by Crippen LogP contribution is -2.32. The zero-order chi connectivity index (χ0) is 13.5. The predicted molar refractivity (Wildman–Crippen MR) is 81.1 cm³/mol. The first kappa shape index (κ1) is 13.7. The molecule has 1 aliphatic rings. The van der Waals surface area contributed by atoms with Crippen LogP contribution in [0.5, 0.6) is 5.75 Å². The van der Waals surface area contributed by atoms with Crippen LogP contribution in [0.4, 0.5) is 0 Å². The van der Waals surface area contributed by atoms with Crippen LogP contribution < -0.4 is 4.43 Å². The van der Waals surface area contributed by atoms with Crippen molar-refractivity contribution in [3.8, 4) is 5.75 Å². The molecule has 100 valence electrons. The van der Waals surface area contributed by atoms with Gasteiger partial charge in [-0.2, -0.15) is 0 Å². The summed E-state index contributed by atoms with van der Waals surface area (Å²) < 4.78 is 6.36. The Morgan fingerprint density at radius 3 is 2.33 bits per heavy atom. The van der Waals surface area contributed by atoms with Crippen LogP contribution in [-0.4, -0.2) is 8.32 Å². The van der Waals surface area contributed by atoms with Gasteiger partial charge in [-0.05, 0) is 48.0 Å². The van der Waals surface area contributed by atoms with E-state index in [1.54, 1.807) is 0 Å². The number of hydrogen-bond donors (Lipinski definition) is 0. The molecule has 1 aromatic rings. The van der Waals surface area contributed by atoms with E-state index in [9.17, 15) is 0 Å². The first-order valence-electron chi connectivity index (χ1n) is 7.20. The Hall–Kier alpha value is -0.763. The lowest BCUT2D eigenvalue weighted by atomic mass is 9.89. The first-order chi connectivity index (χ1) is 8.35. The summed E-state index contributed by atoms with van der Waals surface area (Å²) in [7, 11) is -1.51. The van der Waals surface area contributed by atoms with E-state index in [0.717, 1.165) is 0 Å². The highest BCUT2D eigenvalue weighted by molar-refractivity contribution is 6.72. The van der Waals surface area contributed by atoms with Crippen molar-refractivity contribution in [1.82, 2.24) is 0 Å².